The minimum atomic E-state index is -0.226. The van der Waals surface area contributed by atoms with E-state index in [0.717, 1.165) is 12.5 Å². The first-order valence-corrected chi connectivity index (χ1v) is 7.56. The molecule has 0 atom stereocenters. The molecule has 0 bridgehead atoms. The monoisotopic (exact) mass is 345 g/mol. The van der Waals surface area contributed by atoms with Gasteiger partial charge in [-0.2, -0.15) is 0 Å². The van der Waals surface area contributed by atoms with Crippen LogP contribution in [-0.4, -0.2) is 31.4 Å². The Labute approximate surface area is 141 Å². The predicted molar refractivity (Wildman–Crippen MR) is 90.9 cm³/mol. The maximum Gasteiger partial charge on any atom is 0.253 e. The van der Waals surface area contributed by atoms with Crippen LogP contribution in [0.1, 0.15) is 30.1 Å². The molecule has 0 saturated heterocycles. The van der Waals surface area contributed by atoms with E-state index >= 15 is 0 Å². The second kappa shape index (κ2) is 8.98. The summed E-state index contributed by atoms with van der Waals surface area (Å²) < 4.78 is 0. The van der Waals surface area contributed by atoms with Crippen LogP contribution in [0.25, 0.3) is 0 Å². The first kappa shape index (κ1) is 18.7. The predicted octanol–water partition coefficient (Wildman–Crippen LogP) is 2.45. The minimum Gasteiger partial charge on any atom is -0.352 e. The summed E-state index contributed by atoms with van der Waals surface area (Å²) in [4.78, 5) is 23.9. The van der Waals surface area contributed by atoms with Crippen LogP contribution in [0.15, 0.2) is 18.2 Å². The lowest BCUT2D eigenvalue weighted by Gasteiger charge is -2.12. The number of carbonyl (C=O) groups is 2. The van der Waals surface area contributed by atoms with Crippen molar-refractivity contribution in [3.8, 4) is 0 Å². The molecule has 1 aromatic carbocycles. The van der Waals surface area contributed by atoms with Crippen LogP contribution >= 0.6 is 24.0 Å². The van der Waals surface area contributed by atoms with Crippen molar-refractivity contribution in [3.63, 3.8) is 0 Å². The second-order valence-electron chi connectivity index (χ2n) is 5.17. The van der Waals surface area contributed by atoms with E-state index in [1.165, 1.54) is 12.8 Å². The standard InChI is InChI=1S/C15H20ClN3O2.ClH/c1-2-18-15(21)12-6-5-11(16)7-13(12)19-14(20)9-17-8-10-3-4-10;/h5-7,10,17H,2-4,8-9H2,1H3,(H,18,21)(H,19,20);1H. The first-order chi connectivity index (χ1) is 10.1. The van der Waals surface area contributed by atoms with E-state index in [-0.39, 0.29) is 30.8 Å². The summed E-state index contributed by atoms with van der Waals surface area (Å²) in [5.41, 5.74) is 0.850. The maximum atomic E-state index is 11.9. The molecule has 22 heavy (non-hydrogen) atoms. The molecule has 1 aliphatic carbocycles. The Kier molecular flexibility index (Phi) is 7.65. The zero-order valence-corrected chi connectivity index (χ0v) is 14.0. The zero-order valence-electron chi connectivity index (χ0n) is 12.4. The van der Waals surface area contributed by atoms with E-state index in [9.17, 15) is 9.59 Å². The summed E-state index contributed by atoms with van der Waals surface area (Å²) in [6, 6.07) is 4.83. The Bertz CT molecular complexity index is 534. The summed E-state index contributed by atoms with van der Waals surface area (Å²) in [6.07, 6.45) is 2.48. The van der Waals surface area contributed by atoms with Crippen LogP contribution in [-0.2, 0) is 4.79 Å². The molecule has 0 unspecified atom stereocenters. The number of amides is 2. The molecule has 0 radical (unpaired) electrons. The minimum absolute atomic E-state index is 0. The number of carbonyl (C=O) groups excluding carboxylic acids is 2. The van der Waals surface area contributed by atoms with E-state index in [1.807, 2.05) is 6.92 Å². The number of benzene rings is 1. The number of hydrogen-bond donors (Lipinski definition) is 3. The molecule has 0 heterocycles. The molecular weight excluding hydrogens is 325 g/mol. The SMILES string of the molecule is CCNC(=O)c1ccc(Cl)cc1NC(=O)CNCC1CC1.Cl. The molecular formula is C15H21Cl2N3O2. The highest BCUT2D eigenvalue weighted by molar-refractivity contribution is 6.31. The van der Waals surface area contributed by atoms with Crippen molar-refractivity contribution >= 4 is 41.5 Å². The molecule has 2 amide bonds. The number of halogens is 2. The van der Waals surface area contributed by atoms with Crippen molar-refractivity contribution in [2.45, 2.75) is 19.8 Å². The van der Waals surface area contributed by atoms with Gasteiger partial charge in [0.2, 0.25) is 5.91 Å². The van der Waals surface area contributed by atoms with Crippen LogP contribution in [0.5, 0.6) is 0 Å². The Morgan fingerprint density at radius 3 is 2.68 bits per heavy atom. The highest BCUT2D eigenvalue weighted by Gasteiger charge is 2.20. The van der Waals surface area contributed by atoms with Gasteiger partial charge >= 0.3 is 0 Å². The average molecular weight is 346 g/mol. The fraction of sp³-hybridized carbons (Fsp3) is 0.467. The van der Waals surface area contributed by atoms with E-state index in [4.69, 9.17) is 11.6 Å². The van der Waals surface area contributed by atoms with Crippen molar-refractivity contribution in [3.05, 3.63) is 28.8 Å². The van der Waals surface area contributed by atoms with Gasteiger partial charge in [0.05, 0.1) is 17.8 Å². The third-order valence-electron chi connectivity index (χ3n) is 3.25. The van der Waals surface area contributed by atoms with Gasteiger partial charge < -0.3 is 16.0 Å². The van der Waals surface area contributed by atoms with Gasteiger partial charge in [-0.25, -0.2) is 0 Å². The van der Waals surface area contributed by atoms with Crippen LogP contribution in [0.2, 0.25) is 5.02 Å². The normalized spacial score (nSPS) is 13.2. The van der Waals surface area contributed by atoms with Crippen LogP contribution in [0.3, 0.4) is 0 Å². The van der Waals surface area contributed by atoms with Gasteiger partial charge in [-0.15, -0.1) is 12.4 Å². The quantitative estimate of drug-likeness (QED) is 0.710. The van der Waals surface area contributed by atoms with Crippen molar-refractivity contribution in [1.29, 1.82) is 0 Å². The number of nitrogens with one attached hydrogen (secondary N) is 3. The van der Waals surface area contributed by atoms with Gasteiger partial charge in [0, 0.05) is 11.6 Å². The summed E-state index contributed by atoms with van der Waals surface area (Å²) in [7, 11) is 0. The van der Waals surface area contributed by atoms with Crippen LogP contribution in [0, 0.1) is 5.92 Å². The summed E-state index contributed by atoms with van der Waals surface area (Å²) >= 11 is 5.94. The lowest BCUT2D eigenvalue weighted by molar-refractivity contribution is -0.115. The summed E-state index contributed by atoms with van der Waals surface area (Å²) in [5.74, 6) is 0.314. The van der Waals surface area contributed by atoms with Crippen molar-refractivity contribution in [2.75, 3.05) is 25.0 Å². The largest absolute Gasteiger partial charge is 0.352 e. The van der Waals surface area contributed by atoms with E-state index in [2.05, 4.69) is 16.0 Å². The number of hydrogen-bond acceptors (Lipinski definition) is 3. The molecule has 7 heteroatoms. The second-order valence-corrected chi connectivity index (χ2v) is 5.61. The van der Waals surface area contributed by atoms with Crippen molar-refractivity contribution in [2.24, 2.45) is 5.92 Å². The van der Waals surface area contributed by atoms with Gasteiger partial charge in [0.1, 0.15) is 0 Å². The molecule has 1 fully saturated rings. The number of rotatable bonds is 7. The number of anilines is 1. The molecule has 1 aromatic rings. The molecule has 0 aliphatic heterocycles. The highest BCUT2D eigenvalue weighted by Crippen LogP contribution is 2.27. The molecule has 5 nitrogen and oxygen atoms in total. The molecule has 0 aromatic heterocycles. The first-order valence-electron chi connectivity index (χ1n) is 7.18. The van der Waals surface area contributed by atoms with Gasteiger partial charge in [0.15, 0.2) is 0 Å². The third-order valence-corrected chi connectivity index (χ3v) is 3.49. The molecule has 2 rings (SSSR count). The topological polar surface area (TPSA) is 70.2 Å². The molecule has 0 spiro atoms. The van der Waals surface area contributed by atoms with Crippen LogP contribution < -0.4 is 16.0 Å². The molecule has 1 saturated carbocycles. The van der Waals surface area contributed by atoms with Crippen LogP contribution in [0.4, 0.5) is 5.69 Å². The van der Waals surface area contributed by atoms with Gasteiger partial charge in [-0.05, 0) is 50.4 Å². The van der Waals surface area contributed by atoms with Gasteiger partial charge in [-0.1, -0.05) is 11.6 Å². The van der Waals surface area contributed by atoms with E-state index in [0.29, 0.717) is 22.8 Å². The van der Waals surface area contributed by atoms with Gasteiger partial charge in [-0.3, -0.25) is 9.59 Å². The molecule has 1 aliphatic rings. The smallest absolute Gasteiger partial charge is 0.253 e. The Hall–Kier alpha value is -1.30. The summed E-state index contributed by atoms with van der Waals surface area (Å²) in [5, 5.41) is 9.04. The lowest BCUT2D eigenvalue weighted by atomic mass is 10.1. The molecule has 122 valence electrons. The average Bonchev–Trinajstić information content (AvgIpc) is 3.23. The van der Waals surface area contributed by atoms with E-state index in [1.54, 1.807) is 18.2 Å². The van der Waals surface area contributed by atoms with Crippen molar-refractivity contribution in [1.82, 2.24) is 10.6 Å². The fourth-order valence-corrected chi connectivity index (χ4v) is 2.15. The lowest BCUT2D eigenvalue weighted by Crippen LogP contribution is -2.31. The summed E-state index contributed by atoms with van der Waals surface area (Å²) in [6.45, 7) is 3.47. The third kappa shape index (κ3) is 5.83. The Morgan fingerprint density at radius 1 is 1.32 bits per heavy atom. The highest BCUT2D eigenvalue weighted by atomic mass is 35.5. The molecule has 3 N–H and O–H groups in total. The Balaban J connectivity index is 0.00000242. The van der Waals surface area contributed by atoms with Gasteiger partial charge in [0.25, 0.3) is 5.91 Å². The zero-order chi connectivity index (χ0) is 15.2. The van der Waals surface area contributed by atoms with Crippen molar-refractivity contribution < 1.29 is 9.59 Å². The Morgan fingerprint density at radius 2 is 2.05 bits per heavy atom. The fourth-order valence-electron chi connectivity index (χ4n) is 1.98. The maximum absolute atomic E-state index is 11.9. The van der Waals surface area contributed by atoms with E-state index < -0.39 is 0 Å².